The number of para-hydroxylation sites is 1. The first-order valence-corrected chi connectivity index (χ1v) is 7.48. The third-order valence-corrected chi connectivity index (χ3v) is 4.75. The van der Waals surface area contributed by atoms with Crippen molar-refractivity contribution < 1.29 is 14.3 Å². The molecule has 4 heteroatoms. The van der Waals surface area contributed by atoms with E-state index in [0.717, 1.165) is 41.7 Å². The number of rotatable bonds is 3. The summed E-state index contributed by atoms with van der Waals surface area (Å²) in [4.78, 5) is 13.8. The van der Waals surface area contributed by atoms with Gasteiger partial charge in [-0.2, -0.15) is 0 Å². The minimum atomic E-state index is -0.775. The van der Waals surface area contributed by atoms with Gasteiger partial charge < -0.3 is 9.52 Å². The Balaban J connectivity index is 1.97. The lowest BCUT2D eigenvalue weighted by molar-refractivity contribution is -0.153. The number of furan rings is 1. The Kier molecular flexibility index (Phi) is 3.49. The lowest BCUT2D eigenvalue weighted by Gasteiger charge is -2.41. The highest BCUT2D eigenvalue weighted by atomic mass is 16.4. The van der Waals surface area contributed by atoms with Crippen LogP contribution in [0.4, 0.5) is 0 Å². The largest absolute Gasteiger partial charge is 0.480 e. The van der Waals surface area contributed by atoms with Gasteiger partial charge in [-0.05, 0) is 45.7 Å². The Labute approximate surface area is 124 Å². The van der Waals surface area contributed by atoms with E-state index in [0.29, 0.717) is 13.0 Å². The summed E-state index contributed by atoms with van der Waals surface area (Å²) in [5.41, 5.74) is 1.21. The fourth-order valence-electron chi connectivity index (χ4n) is 3.28. The third-order valence-electron chi connectivity index (χ3n) is 4.75. The number of carboxylic acid groups (broad SMARTS) is 1. The molecule has 2 heterocycles. The molecule has 1 aromatic heterocycles. The highest BCUT2D eigenvalue weighted by molar-refractivity contribution is 5.82. The molecule has 2 aromatic rings. The number of carbonyl (C=O) groups is 1. The Morgan fingerprint density at radius 1 is 1.38 bits per heavy atom. The highest BCUT2D eigenvalue weighted by Gasteiger charge is 2.41. The molecular formula is C17H21NO3. The predicted octanol–water partition coefficient (Wildman–Crippen LogP) is 3.57. The van der Waals surface area contributed by atoms with E-state index in [2.05, 4.69) is 4.90 Å². The van der Waals surface area contributed by atoms with E-state index in [9.17, 15) is 9.90 Å². The number of aliphatic carboxylic acids is 1. The molecule has 21 heavy (non-hydrogen) atoms. The van der Waals surface area contributed by atoms with Crippen molar-refractivity contribution in [3.8, 4) is 0 Å². The maximum absolute atomic E-state index is 11.7. The number of carboxylic acids is 1. The minimum absolute atomic E-state index is 0.631. The number of likely N-dealkylation sites (tertiary alicyclic amines) is 1. The molecule has 0 aliphatic carbocycles. The number of benzene rings is 1. The maximum Gasteiger partial charge on any atom is 0.323 e. The molecule has 0 saturated carbocycles. The minimum Gasteiger partial charge on any atom is -0.480 e. The van der Waals surface area contributed by atoms with Crippen LogP contribution in [0.1, 0.15) is 37.5 Å². The van der Waals surface area contributed by atoms with Crippen molar-refractivity contribution >= 4 is 16.9 Å². The highest BCUT2D eigenvalue weighted by Crippen LogP contribution is 2.33. The van der Waals surface area contributed by atoms with Crippen LogP contribution in [0.25, 0.3) is 11.0 Å². The van der Waals surface area contributed by atoms with Gasteiger partial charge in [-0.1, -0.05) is 18.2 Å². The van der Waals surface area contributed by atoms with Gasteiger partial charge in [-0.3, -0.25) is 9.69 Å². The van der Waals surface area contributed by atoms with Gasteiger partial charge in [0.2, 0.25) is 0 Å². The van der Waals surface area contributed by atoms with E-state index in [-0.39, 0.29) is 0 Å². The fourth-order valence-corrected chi connectivity index (χ4v) is 3.28. The molecule has 112 valence electrons. The van der Waals surface area contributed by atoms with E-state index < -0.39 is 11.5 Å². The van der Waals surface area contributed by atoms with Crippen LogP contribution >= 0.6 is 0 Å². The zero-order valence-electron chi connectivity index (χ0n) is 12.6. The molecule has 0 bridgehead atoms. The Morgan fingerprint density at radius 2 is 2.14 bits per heavy atom. The normalized spacial score (nSPS) is 23.5. The average molecular weight is 287 g/mol. The van der Waals surface area contributed by atoms with Gasteiger partial charge in [-0.15, -0.1) is 0 Å². The first kappa shape index (κ1) is 14.1. The topological polar surface area (TPSA) is 53.7 Å². The molecule has 1 aliphatic rings. The second-order valence-corrected chi connectivity index (χ2v) is 6.09. The van der Waals surface area contributed by atoms with Gasteiger partial charge >= 0.3 is 5.97 Å². The van der Waals surface area contributed by atoms with Crippen molar-refractivity contribution in [2.24, 2.45) is 0 Å². The van der Waals surface area contributed by atoms with Crippen LogP contribution in [0.15, 0.2) is 28.7 Å². The van der Waals surface area contributed by atoms with E-state index in [1.807, 2.05) is 38.1 Å². The molecule has 1 unspecified atom stereocenters. The van der Waals surface area contributed by atoms with Crippen LogP contribution in [0, 0.1) is 6.92 Å². The number of nitrogens with zero attached hydrogens (tertiary/aromatic N) is 1. The molecule has 4 nitrogen and oxygen atoms in total. The molecule has 1 atom stereocenters. The van der Waals surface area contributed by atoms with Gasteiger partial charge in [0.25, 0.3) is 0 Å². The fraction of sp³-hybridized carbons (Fsp3) is 0.471. The summed E-state index contributed by atoms with van der Waals surface area (Å²) in [5.74, 6) is 0.155. The number of hydrogen-bond acceptors (Lipinski definition) is 3. The smallest absolute Gasteiger partial charge is 0.323 e. The van der Waals surface area contributed by atoms with Crippen molar-refractivity contribution in [2.75, 3.05) is 6.54 Å². The SMILES string of the molecule is Cc1oc2ccccc2c1CN1CCCCC1(C)C(=O)O. The van der Waals surface area contributed by atoms with Crippen LogP contribution in [0.2, 0.25) is 0 Å². The molecule has 1 N–H and O–H groups in total. The van der Waals surface area contributed by atoms with Gasteiger partial charge in [0.05, 0.1) is 0 Å². The van der Waals surface area contributed by atoms with Crippen molar-refractivity contribution in [1.82, 2.24) is 4.90 Å². The van der Waals surface area contributed by atoms with Crippen LogP contribution in [-0.2, 0) is 11.3 Å². The summed E-state index contributed by atoms with van der Waals surface area (Å²) in [6.45, 7) is 5.25. The first-order chi connectivity index (χ1) is 10.0. The standard InChI is InChI=1S/C17H21NO3/c1-12-14(13-7-3-4-8-15(13)21-12)11-18-10-6-5-9-17(18,2)16(19)20/h3-4,7-8H,5-6,9-11H2,1-2H3,(H,19,20). The average Bonchev–Trinajstić information content (AvgIpc) is 2.77. The number of piperidine rings is 1. The summed E-state index contributed by atoms with van der Waals surface area (Å²) < 4.78 is 5.80. The van der Waals surface area contributed by atoms with Gasteiger partial charge in [-0.25, -0.2) is 0 Å². The number of fused-ring (bicyclic) bond motifs is 1. The Bertz CT molecular complexity index is 676. The van der Waals surface area contributed by atoms with Gasteiger partial charge in [0.15, 0.2) is 0 Å². The summed E-state index contributed by atoms with van der Waals surface area (Å²) >= 11 is 0. The molecule has 0 radical (unpaired) electrons. The van der Waals surface area contributed by atoms with Gasteiger partial charge in [0.1, 0.15) is 16.9 Å². The molecule has 1 aromatic carbocycles. The maximum atomic E-state index is 11.7. The lowest BCUT2D eigenvalue weighted by Crippen LogP contribution is -2.54. The zero-order valence-corrected chi connectivity index (χ0v) is 12.6. The Hall–Kier alpha value is -1.81. The van der Waals surface area contributed by atoms with E-state index in [1.165, 1.54) is 0 Å². The van der Waals surface area contributed by atoms with Crippen LogP contribution < -0.4 is 0 Å². The zero-order chi connectivity index (χ0) is 15.0. The molecule has 1 aliphatic heterocycles. The van der Waals surface area contributed by atoms with E-state index >= 15 is 0 Å². The molecular weight excluding hydrogens is 266 g/mol. The molecule has 0 spiro atoms. The number of aryl methyl sites for hydroxylation is 1. The first-order valence-electron chi connectivity index (χ1n) is 7.48. The van der Waals surface area contributed by atoms with Crippen LogP contribution in [0.5, 0.6) is 0 Å². The summed E-state index contributed by atoms with van der Waals surface area (Å²) in [5, 5.41) is 10.7. The van der Waals surface area contributed by atoms with Crippen molar-refractivity contribution in [3.05, 3.63) is 35.6 Å². The van der Waals surface area contributed by atoms with Crippen molar-refractivity contribution in [2.45, 2.75) is 45.2 Å². The second-order valence-electron chi connectivity index (χ2n) is 6.09. The monoisotopic (exact) mass is 287 g/mol. The quantitative estimate of drug-likeness (QED) is 0.937. The van der Waals surface area contributed by atoms with Crippen molar-refractivity contribution in [3.63, 3.8) is 0 Å². The summed E-state index contributed by atoms with van der Waals surface area (Å²) in [7, 11) is 0. The van der Waals surface area contributed by atoms with Crippen LogP contribution in [-0.4, -0.2) is 28.1 Å². The summed E-state index contributed by atoms with van der Waals surface area (Å²) in [6, 6.07) is 7.95. The molecule has 1 saturated heterocycles. The number of hydrogen-bond donors (Lipinski definition) is 1. The van der Waals surface area contributed by atoms with E-state index in [4.69, 9.17) is 4.42 Å². The predicted molar refractivity (Wildman–Crippen MR) is 81.3 cm³/mol. The van der Waals surface area contributed by atoms with E-state index in [1.54, 1.807) is 0 Å². The van der Waals surface area contributed by atoms with Crippen molar-refractivity contribution in [1.29, 1.82) is 0 Å². The lowest BCUT2D eigenvalue weighted by atomic mass is 9.88. The Morgan fingerprint density at radius 3 is 2.90 bits per heavy atom. The second kappa shape index (κ2) is 5.19. The molecule has 3 rings (SSSR count). The third kappa shape index (κ3) is 2.33. The summed E-state index contributed by atoms with van der Waals surface area (Å²) in [6.07, 6.45) is 2.74. The van der Waals surface area contributed by atoms with Crippen LogP contribution in [0.3, 0.4) is 0 Å². The molecule has 1 fully saturated rings. The van der Waals surface area contributed by atoms with Gasteiger partial charge in [0, 0.05) is 17.5 Å². The molecule has 0 amide bonds.